The van der Waals surface area contributed by atoms with E-state index in [0.717, 1.165) is 11.6 Å². The first-order valence-corrected chi connectivity index (χ1v) is 5.28. The molecule has 1 heterocycles. The molecule has 0 radical (unpaired) electrons. The summed E-state index contributed by atoms with van der Waals surface area (Å²) in [6, 6.07) is 8.39. The van der Waals surface area contributed by atoms with Crippen LogP contribution in [0, 0.1) is 6.92 Å². The summed E-state index contributed by atoms with van der Waals surface area (Å²) in [6.45, 7) is 2.08. The van der Waals surface area contributed by atoms with Crippen molar-refractivity contribution in [2.75, 3.05) is 0 Å². The zero-order valence-corrected chi connectivity index (χ0v) is 8.62. The number of nitrogens with zero attached hydrogens (tertiary/aromatic N) is 2. The highest BCUT2D eigenvalue weighted by molar-refractivity contribution is 7.98. The molecule has 0 unspecified atom stereocenters. The molecule has 1 aromatic carbocycles. The molecule has 0 saturated heterocycles. The minimum absolute atomic E-state index is 0.732. The smallest absolute Gasteiger partial charge is 0.213 e. The Bertz CT molecular complexity index is 383. The Morgan fingerprint density at radius 1 is 1.29 bits per heavy atom. The average Bonchev–Trinajstić information content (AvgIpc) is 2.70. The van der Waals surface area contributed by atoms with Gasteiger partial charge < -0.3 is 4.52 Å². The molecule has 0 aliphatic carbocycles. The van der Waals surface area contributed by atoms with Gasteiger partial charge in [0.05, 0.1) is 5.75 Å². The first kappa shape index (κ1) is 9.27. The number of rotatable bonds is 3. The third-order valence-electron chi connectivity index (χ3n) is 1.80. The number of hydrogen-bond acceptors (Lipinski definition) is 4. The van der Waals surface area contributed by atoms with Gasteiger partial charge in [-0.2, -0.15) is 4.98 Å². The van der Waals surface area contributed by atoms with E-state index in [0.29, 0.717) is 0 Å². The predicted octanol–water partition coefficient (Wildman–Crippen LogP) is 2.67. The van der Waals surface area contributed by atoms with Gasteiger partial charge in [0, 0.05) is 4.90 Å². The molecule has 3 nitrogen and oxygen atoms in total. The van der Waals surface area contributed by atoms with E-state index < -0.39 is 0 Å². The minimum atomic E-state index is 0.732. The normalized spacial score (nSPS) is 10.4. The fourth-order valence-corrected chi connectivity index (χ4v) is 1.79. The molecule has 0 saturated carbocycles. The third kappa shape index (κ3) is 2.35. The lowest BCUT2D eigenvalue weighted by molar-refractivity contribution is 0.412. The number of aromatic nitrogens is 2. The fourth-order valence-electron chi connectivity index (χ4n) is 1.04. The van der Waals surface area contributed by atoms with Gasteiger partial charge in [-0.05, 0) is 19.1 Å². The fraction of sp³-hybridized carbons (Fsp3) is 0.200. The van der Waals surface area contributed by atoms with Crippen molar-refractivity contribution in [2.24, 2.45) is 0 Å². The first-order chi connectivity index (χ1) is 6.84. The maximum Gasteiger partial charge on any atom is 0.213 e. The lowest BCUT2D eigenvalue weighted by Gasteiger charge is -1.98. The van der Waals surface area contributed by atoms with Crippen molar-refractivity contribution in [3.8, 4) is 0 Å². The van der Waals surface area contributed by atoms with Gasteiger partial charge in [0.2, 0.25) is 6.39 Å². The number of hydrogen-bond donors (Lipinski definition) is 0. The van der Waals surface area contributed by atoms with Gasteiger partial charge in [0.25, 0.3) is 0 Å². The summed E-state index contributed by atoms with van der Waals surface area (Å²) in [4.78, 5) is 5.17. The summed E-state index contributed by atoms with van der Waals surface area (Å²) < 4.78 is 4.65. The molecule has 2 rings (SSSR count). The second-order valence-electron chi connectivity index (χ2n) is 2.95. The molecule has 0 atom stereocenters. The Morgan fingerprint density at radius 3 is 2.71 bits per heavy atom. The van der Waals surface area contributed by atoms with Crippen molar-refractivity contribution in [2.45, 2.75) is 17.6 Å². The van der Waals surface area contributed by atoms with Gasteiger partial charge in [-0.1, -0.05) is 22.9 Å². The van der Waals surface area contributed by atoms with Crippen LogP contribution in [0.1, 0.15) is 11.4 Å². The van der Waals surface area contributed by atoms with Crippen molar-refractivity contribution >= 4 is 11.8 Å². The van der Waals surface area contributed by atoms with Crippen LogP contribution in [0.25, 0.3) is 0 Å². The van der Waals surface area contributed by atoms with E-state index in [1.807, 2.05) is 0 Å². The molecule has 0 aliphatic rings. The van der Waals surface area contributed by atoms with Crippen molar-refractivity contribution in [3.63, 3.8) is 0 Å². The summed E-state index contributed by atoms with van der Waals surface area (Å²) in [6.07, 6.45) is 1.35. The number of thioether (sulfide) groups is 1. The van der Waals surface area contributed by atoms with Gasteiger partial charge >= 0.3 is 0 Å². The summed E-state index contributed by atoms with van der Waals surface area (Å²) in [5.74, 6) is 1.48. The van der Waals surface area contributed by atoms with E-state index in [2.05, 4.69) is 45.9 Å². The van der Waals surface area contributed by atoms with Crippen LogP contribution in [-0.2, 0) is 5.75 Å². The van der Waals surface area contributed by atoms with Crippen LogP contribution >= 0.6 is 11.8 Å². The summed E-state index contributed by atoms with van der Waals surface area (Å²) >= 11 is 1.70. The van der Waals surface area contributed by atoms with Gasteiger partial charge in [-0.3, -0.25) is 0 Å². The van der Waals surface area contributed by atoms with Crippen LogP contribution < -0.4 is 0 Å². The summed E-state index contributed by atoms with van der Waals surface area (Å²) in [5.41, 5.74) is 1.27. The molecule has 0 fully saturated rings. The highest BCUT2D eigenvalue weighted by atomic mass is 32.2. The van der Waals surface area contributed by atoms with Gasteiger partial charge in [0.15, 0.2) is 5.82 Å². The lowest BCUT2D eigenvalue weighted by Crippen LogP contribution is -1.82. The molecule has 1 aromatic heterocycles. The van der Waals surface area contributed by atoms with E-state index in [4.69, 9.17) is 0 Å². The first-order valence-electron chi connectivity index (χ1n) is 4.29. The minimum Gasteiger partial charge on any atom is -0.343 e. The van der Waals surface area contributed by atoms with Gasteiger partial charge in [-0.25, -0.2) is 0 Å². The molecule has 0 aliphatic heterocycles. The molecular weight excluding hydrogens is 196 g/mol. The monoisotopic (exact) mass is 206 g/mol. The SMILES string of the molecule is Cc1ccc(SCc2ncon2)cc1. The Balaban J connectivity index is 1.95. The van der Waals surface area contributed by atoms with E-state index in [1.165, 1.54) is 16.9 Å². The van der Waals surface area contributed by atoms with Crippen LogP contribution in [-0.4, -0.2) is 10.1 Å². The van der Waals surface area contributed by atoms with Gasteiger partial charge in [-0.15, -0.1) is 11.8 Å². The molecule has 72 valence electrons. The van der Waals surface area contributed by atoms with E-state index in [-0.39, 0.29) is 0 Å². The van der Waals surface area contributed by atoms with Crippen LogP contribution in [0.15, 0.2) is 40.1 Å². The Labute approximate surface area is 86.5 Å². The molecule has 0 amide bonds. The second kappa shape index (κ2) is 4.28. The molecule has 0 spiro atoms. The third-order valence-corrected chi connectivity index (χ3v) is 2.80. The number of aryl methyl sites for hydroxylation is 1. The standard InChI is InChI=1S/C10H10N2OS/c1-8-2-4-9(5-3-8)14-6-10-11-7-13-12-10/h2-5,7H,6H2,1H3. The summed E-state index contributed by atoms with van der Waals surface area (Å²) in [7, 11) is 0. The maximum absolute atomic E-state index is 4.65. The zero-order chi connectivity index (χ0) is 9.80. The molecule has 4 heteroatoms. The predicted molar refractivity (Wildman–Crippen MR) is 55.0 cm³/mol. The Hall–Kier alpha value is -1.29. The van der Waals surface area contributed by atoms with E-state index >= 15 is 0 Å². The molecule has 2 aromatic rings. The maximum atomic E-state index is 4.65. The average molecular weight is 206 g/mol. The largest absolute Gasteiger partial charge is 0.343 e. The van der Waals surface area contributed by atoms with Crippen molar-refractivity contribution in [1.82, 2.24) is 10.1 Å². The second-order valence-corrected chi connectivity index (χ2v) is 4.00. The van der Waals surface area contributed by atoms with Crippen molar-refractivity contribution < 1.29 is 4.52 Å². The van der Waals surface area contributed by atoms with Crippen LogP contribution in [0.4, 0.5) is 0 Å². The van der Waals surface area contributed by atoms with E-state index in [1.54, 1.807) is 11.8 Å². The van der Waals surface area contributed by atoms with Gasteiger partial charge in [0.1, 0.15) is 0 Å². The highest BCUT2D eigenvalue weighted by Crippen LogP contribution is 2.21. The van der Waals surface area contributed by atoms with Crippen LogP contribution in [0.2, 0.25) is 0 Å². The van der Waals surface area contributed by atoms with E-state index in [9.17, 15) is 0 Å². The van der Waals surface area contributed by atoms with Crippen LogP contribution in [0.3, 0.4) is 0 Å². The molecule has 14 heavy (non-hydrogen) atoms. The van der Waals surface area contributed by atoms with Crippen molar-refractivity contribution in [3.05, 3.63) is 42.0 Å². The zero-order valence-electron chi connectivity index (χ0n) is 7.80. The quantitative estimate of drug-likeness (QED) is 0.724. The topological polar surface area (TPSA) is 38.9 Å². The Morgan fingerprint density at radius 2 is 2.07 bits per heavy atom. The molecule has 0 bridgehead atoms. The van der Waals surface area contributed by atoms with Crippen molar-refractivity contribution in [1.29, 1.82) is 0 Å². The van der Waals surface area contributed by atoms with Crippen LogP contribution in [0.5, 0.6) is 0 Å². The molecular formula is C10H10N2OS. The Kier molecular flexibility index (Phi) is 2.84. The summed E-state index contributed by atoms with van der Waals surface area (Å²) in [5, 5.41) is 3.74. The highest BCUT2D eigenvalue weighted by Gasteiger charge is 1.99. The number of benzene rings is 1. The molecule has 0 N–H and O–H groups in total. The lowest BCUT2D eigenvalue weighted by atomic mass is 10.2.